The molecule has 0 atom stereocenters. The fourth-order valence-corrected chi connectivity index (χ4v) is 5.25. The Labute approximate surface area is 222 Å². The molecule has 36 heavy (non-hydrogen) atoms. The van der Waals surface area contributed by atoms with E-state index in [-0.39, 0.29) is 11.5 Å². The van der Waals surface area contributed by atoms with E-state index in [1.54, 1.807) is 30.3 Å². The molecule has 7 nitrogen and oxygen atoms in total. The number of hydrogen-bond acceptors (Lipinski definition) is 7. The molecule has 0 saturated carbocycles. The van der Waals surface area contributed by atoms with Crippen molar-refractivity contribution in [3.8, 4) is 11.5 Å². The van der Waals surface area contributed by atoms with Gasteiger partial charge in [-0.25, -0.2) is 10.2 Å². The van der Waals surface area contributed by atoms with Gasteiger partial charge in [-0.05, 0) is 54.1 Å². The zero-order valence-corrected chi connectivity index (χ0v) is 21.7. The van der Waals surface area contributed by atoms with E-state index in [2.05, 4.69) is 26.5 Å². The van der Waals surface area contributed by atoms with Crippen LogP contribution >= 0.6 is 38.9 Å². The minimum Gasteiger partial charge on any atom is -0.493 e. The van der Waals surface area contributed by atoms with Crippen molar-refractivity contribution in [2.45, 2.75) is 0 Å². The van der Waals surface area contributed by atoms with E-state index in [9.17, 15) is 9.59 Å². The summed E-state index contributed by atoms with van der Waals surface area (Å²) in [6, 6.07) is 19.5. The number of hydrogen-bond donors (Lipinski definition) is 1. The molecule has 0 saturated heterocycles. The van der Waals surface area contributed by atoms with Crippen LogP contribution in [0.3, 0.4) is 0 Å². The smallest absolute Gasteiger partial charge is 0.355 e. The van der Waals surface area contributed by atoms with E-state index in [0.717, 1.165) is 19.9 Å². The summed E-state index contributed by atoms with van der Waals surface area (Å²) in [6.45, 7) is 0. The number of methoxy groups -OCH3 is 1. The van der Waals surface area contributed by atoms with Crippen molar-refractivity contribution in [2.24, 2.45) is 5.10 Å². The molecule has 0 spiro atoms. The number of carbonyl (C=O) groups is 2. The minimum atomic E-state index is -0.578. The lowest BCUT2D eigenvalue weighted by Gasteiger charge is -2.09. The molecular weight excluding hydrogens is 568 g/mol. The third kappa shape index (κ3) is 4.86. The van der Waals surface area contributed by atoms with Crippen molar-refractivity contribution in [1.29, 1.82) is 0 Å². The maximum Gasteiger partial charge on any atom is 0.355 e. The molecule has 2 aromatic heterocycles. The standard InChI is InChI=1S/C26H16BrClN2O5S/c1-33-20-10-14(13-29-30-25(31)21-12-15-11-16(27)7-9-18(15)34-21)6-8-19(20)35-26(32)24-23(28)17-4-2-3-5-22(17)36-24/h2-13H,1H3,(H,30,31). The molecule has 0 aliphatic carbocycles. The number of furan rings is 1. The number of benzene rings is 3. The molecule has 0 aliphatic heterocycles. The number of nitrogens with zero attached hydrogens (tertiary/aromatic N) is 1. The molecule has 5 rings (SSSR count). The van der Waals surface area contributed by atoms with Gasteiger partial charge in [0.2, 0.25) is 0 Å². The molecule has 180 valence electrons. The first kappa shape index (κ1) is 24.1. The molecule has 3 aromatic carbocycles. The molecule has 2 heterocycles. The van der Waals surface area contributed by atoms with E-state index >= 15 is 0 Å². The van der Waals surface area contributed by atoms with Gasteiger partial charge in [-0.15, -0.1) is 11.3 Å². The van der Waals surface area contributed by atoms with Gasteiger partial charge in [0.25, 0.3) is 0 Å². The van der Waals surface area contributed by atoms with Crippen molar-refractivity contribution in [2.75, 3.05) is 7.11 Å². The first-order valence-electron chi connectivity index (χ1n) is 10.5. The summed E-state index contributed by atoms with van der Waals surface area (Å²) in [5.74, 6) is -0.383. The number of esters is 1. The predicted molar refractivity (Wildman–Crippen MR) is 144 cm³/mol. The van der Waals surface area contributed by atoms with Gasteiger partial charge in [-0.2, -0.15) is 5.10 Å². The molecule has 10 heteroatoms. The number of carbonyl (C=O) groups excluding carboxylic acids is 2. The molecule has 1 N–H and O–H groups in total. The number of hydrazone groups is 1. The van der Waals surface area contributed by atoms with Crippen molar-refractivity contribution in [3.05, 3.63) is 92.4 Å². The summed E-state index contributed by atoms with van der Waals surface area (Å²) in [6.07, 6.45) is 1.44. The summed E-state index contributed by atoms with van der Waals surface area (Å²) in [4.78, 5) is 25.5. The predicted octanol–water partition coefficient (Wildman–Crippen LogP) is 7.06. The van der Waals surface area contributed by atoms with Crippen molar-refractivity contribution in [1.82, 2.24) is 5.43 Å². The van der Waals surface area contributed by atoms with E-state index in [0.29, 0.717) is 26.8 Å². The number of rotatable bonds is 6. The fourth-order valence-electron chi connectivity index (χ4n) is 3.49. The fraction of sp³-hybridized carbons (Fsp3) is 0.0385. The van der Waals surface area contributed by atoms with Crippen LogP contribution in [0.4, 0.5) is 0 Å². The highest BCUT2D eigenvalue weighted by molar-refractivity contribution is 9.10. The lowest BCUT2D eigenvalue weighted by atomic mass is 10.2. The van der Waals surface area contributed by atoms with Gasteiger partial charge in [-0.1, -0.05) is 45.7 Å². The van der Waals surface area contributed by atoms with Gasteiger partial charge >= 0.3 is 11.9 Å². The van der Waals surface area contributed by atoms with Crippen LogP contribution < -0.4 is 14.9 Å². The van der Waals surface area contributed by atoms with Crippen molar-refractivity contribution < 1.29 is 23.5 Å². The molecule has 0 unspecified atom stereocenters. The summed E-state index contributed by atoms with van der Waals surface area (Å²) in [5.41, 5.74) is 3.64. The monoisotopic (exact) mass is 582 g/mol. The van der Waals surface area contributed by atoms with Crippen LogP contribution in [0.15, 0.2) is 80.7 Å². The summed E-state index contributed by atoms with van der Waals surface area (Å²) in [5, 5.41) is 5.93. The van der Waals surface area contributed by atoms with Crippen LogP contribution in [0.2, 0.25) is 5.02 Å². The Morgan fingerprint density at radius 2 is 1.92 bits per heavy atom. The highest BCUT2D eigenvalue weighted by Gasteiger charge is 2.20. The Kier molecular flexibility index (Phi) is 6.77. The van der Waals surface area contributed by atoms with Gasteiger partial charge in [0.05, 0.1) is 18.3 Å². The quantitative estimate of drug-likeness (QED) is 0.100. The molecular formula is C26H16BrClN2O5S. The molecule has 5 aromatic rings. The normalized spacial score (nSPS) is 11.3. The topological polar surface area (TPSA) is 90.1 Å². The van der Waals surface area contributed by atoms with E-state index in [1.165, 1.54) is 24.7 Å². The van der Waals surface area contributed by atoms with Crippen molar-refractivity contribution in [3.63, 3.8) is 0 Å². The summed E-state index contributed by atoms with van der Waals surface area (Å²) >= 11 is 11.0. The van der Waals surface area contributed by atoms with Crippen LogP contribution in [0.5, 0.6) is 11.5 Å². The maximum atomic E-state index is 12.8. The molecule has 0 bridgehead atoms. The van der Waals surface area contributed by atoms with Gasteiger partial charge in [0.1, 0.15) is 10.5 Å². The first-order valence-corrected chi connectivity index (χ1v) is 12.5. The van der Waals surface area contributed by atoms with Crippen molar-refractivity contribution >= 4 is 78.0 Å². The number of ether oxygens (including phenoxy) is 2. The zero-order valence-electron chi connectivity index (χ0n) is 18.6. The Bertz CT molecular complexity index is 1660. The van der Waals surface area contributed by atoms with Crippen LogP contribution in [-0.2, 0) is 0 Å². The number of halogens is 2. The van der Waals surface area contributed by atoms with Crippen LogP contribution in [0.25, 0.3) is 21.1 Å². The Morgan fingerprint density at radius 3 is 2.72 bits per heavy atom. The van der Waals surface area contributed by atoms with Gasteiger partial charge in [0, 0.05) is 19.9 Å². The highest BCUT2D eigenvalue weighted by Crippen LogP contribution is 2.37. The number of fused-ring (bicyclic) bond motifs is 2. The zero-order chi connectivity index (χ0) is 25.2. The van der Waals surface area contributed by atoms with Gasteiger partial charge < -0.3 is 13.9 Å². The largest absolute Gasteiger partial charge is 0.493 e. The minimum absolute atomic E-state index is 0.139. The Hall–Kier alpha value is -3.66. The van der Waals surface area contributed by atoms with E-state index in [1.807, 2.05) is 36.4 Å². The lowest BCUT2D eigenvalue weighted by Crippen LogP contribution is -2.16. The second-order valence-corrected chi connectivity index (χ2v) is 9.88. The van der Waals surface area contributed by atoms with E-state index in [4.69, 9.17) is 25.5 Å². The molecule has 0 fully saturated rings. The second-order valence-electron chi connectivity index (χ2n) is 7.53. The average molecular weight is 584 g/mol. The van der Waals surface area contributed by atoms with Crippen LogP contribution in [0, 0.1) is 0 Å². The number of nitrogens with one attached hydrogen (secondary N) is 1. The average Bonchev–Trinajstić information content (AvgIpc) is 3.45. The molecule has 0 radical (unpaired) electrons. The Morgan fingerprint density at radius 1 is 1.08 bits per heavy atom. The van der Waals surface area contributed by atoms with Crippen LogP contribution in [-0.4, -0.2) is 25.2 Å². The third-order valence-corrected chi connectivity index (χ3v) is 7.34. The maximum absolute atomic E-state index is 12.8. The number of amides is 1. The SMILES string of the molecule is COc1cc(C=NNC(=O)c2cc3cc(Br)ccc3o2)ccc1OC(=O)c1sc2ccccc2c1Cl. The second kappa shape index (κ2) is 10.1. The summed E-state index contributed by atoms with van der Waals surface area (Å²) in [7, 11) is 1.46. The van der Waals surface area contributed by atoms with Gasteiger partial charge in [0.15, 0.2) is 17.3 Å². The number of thiophene rings is 1. The highest BCUT2D eigenvalue weighted by atomic mass is 79.9. The Balaban J connectivity index is 1.28. The first-order chi connectivity index (χ1) is 17.4. The van der Waals surface area contributed by atoms with Gasteiger partial charge in [-0.3, -0.25) is 4.79 Å². The third-order valence-electron chi connectivity index (χ3n) is 5.19. The van der Waals surface area contributed by atoms with Crippen LogP contribution in [0.1, 0.15) is 25.8 Å². The molecule has 1 amide bonds. The van der Waals surface area contributed by atoms with E-state index < -0.39 is 11.9 Å². The lowest BCUT2D eigenvalue weighted by molar-refractivity contribution is 0.0734. The molecule has 0 aliphatic rings. The summed E-state index contributed by atoms with van der Waals surface area (Å²) < 4.78 is 18.3.